The van der Waals surface area contributed by atoms with Crippen molar-refractivity contribution in [3.05, 3.63) is 62.8 Å². The van der Waals surface area contributed by atoms with E-state index in [0.29, 0.717) is 12.5 Å². The fourth-order valence-electron chi connectivity index (χ4n) is 1.79. The van der Waals surface area contributed by atoms with Crippen LogP contribution >= 0.6 is 27.3 Å². The topological polar surface area (TPSA) is 29.1 Å². The highest BCUT2D eigenvalue weighted by atomic mass is 79.9. The molecule has 4 heteroatoms. The van der Waals surface area contributed by atoms with Gasteiger partial charge in [0.05, 0.1) is 3.79 Å². The molecular formula is C16H16BrNOS. The predicted molar refractivity (Wildman–Crippen MR) is 88.9 cm³/mol. The average molecular weight is 350 g/mol. The number of benzene rings is 1. The summed E-state index contributed by atoms with van der Waals surface area (Å²) in [6.07, 6.45) is 3.41. The summed E-state index contributed by atoms with van der Waals surface area (Å²) < 4.78 is 1.07. The molecule has 1 amide bonds. The quantitative estimate of drug-likeness (QED) is 0.794. The van der Waals surface area contributed by atoms with Crippen LogP contribution in [0, 0.1) is 0 Å². The lowest BCUT2D eigenvalue weighted by Gasteiger charge is -2.11. The van der Waals surface area contributed by atoms with Crippen molar-refractivity contribution in [2.75, 3.05) is 6.54 Å². The van der Waals surface area contributed by atoms with Crippen LogP contribution in [-0.4, -0.2) is 12.5 Å². The Morgan fingerprint density at radius 1 is 1.30 bits per heavy atom. The highest BCUT2D eigenvalue weighted by Gasteiger charge is 2.05. The van der Waals surface area contributed by atoms with Gasteiger partial charge in [-0.3, -0.25) is 4.79 Å². The summed E-state index contributed by atoms with van der Waals surface area (Å²) in [7, 11) is 0. The molecule has 1 aromatic carbocycles. The molecule has 0 unspecified atom stereocenters. The number of nitrogens with one attached hydrogen (secondary N) is 1. The zero-order chi connectivity index (χ0) is 14.4. The van der Waals surface area contributed by atoms with Gasteiger partial charge >= 0.3 is 0 Å². The molecule has 20 heavy (non-hydrogen) atoms. The normalized spacial score (nSPS) is 12.5. The van der Waals surface area contributed by atoms with Gasteiger partial charge in [-0.15, -0.1) is 11.3 Å². The number of halogens is 1. The maximum Gasteiger partial charge on any atom is 0.244 e. The van der Waals surface area contributed by atoms with Crippen LogP contribution in [-0.2, 0) is 4.79 Å². The van der Waals surface area contributed by atoms with Gasteiger partial charge in [0.25, 0.3) is 0 Å². The van der Waals surface area contributed by atoms with Gasteiger partial charge in [-0.2, -0.15) is 0 Å². The Balaban J connectivity index is 1.82. The van der Waals surface area contributed by atoms with E-state index in [0.717, 1.165) is 8.66 Å². The number of hydrogen-bond acceptors (Lipinski definition) is 2. The smallest absolute Gasteiger partial charge is 0.244 e. The van der Waals surface area contributed by atoms with Crippen molar-refractivity contribution in [3.8, 4) is 0 Å². The first kappa shape index (κ1) is 15.0. The number of thiophene rings is 1. The van der Waals surface area contributed by atoms with Crippen molar-refractivity contribution in [1.82, 2.24) is 5.32 Å². The Morgan fingerprint density at radius 2 is 2.05 bits per heavy atom. The molecule has 1 heterocycles. The SMILES string of the molecule is C[C@@H](CNC(=O)/C=C/c1ccc(Br)s1)c1ccccc1. The molecule has 2 rings (SSSR count). The molecule has 1 atom stereocenters. The Hall–Kier alpha value is -1.39. The minimum Gasteiger partial charge on any atom is -0.352 e. The van der Waals surface area contributed by atoms with E-state index >= 15 is 0 Å². The number of amides is 1. The molecule has 0 aliphatic carbocycles. The monoisotopic (exact) mass is 349 g/mol. The van der Waals surface area contributed by atoms with Crippen molar-refractivity contribution in [2.24, 2.45) is 0 Å². The molecule has 0 saturated carbocycles. The first-order chi connectivity index (χ1) is 9.65. The summed E-state index contributed by atoms with van der Waals surface area (Å²) in [6, 6.07) is 14.1. The molecule has 0 spiro atoms. The molecule has 0 radical (unpaired) electrons. The molecule has 1 N–H and O–H groups in total. The second kappa shape index (κ2) is 7.41. The van der Waals surface area contributed by atoms with Crippen LogP contribution in [0.15, 0.2) is 52.3 Å². The molecule has 2 nitrogen and oxygen atoms in total. The van der Waals surface area contributed by atoms with Crippen molar-refractivity contribution in [3.63, 3.8) is 0 Å². The molecule has 0 saturated heterocycles. The van der Waals surface area contributed by atoms with Gasteiger partial charge < -0.3 is 5.32 Å². The first-order valence-corrected chi connectivity index (χ1v) is 8.02. The van der Waals surface area contributed by atoms with E-state index in [1.807, 2.05) is 36.4 Å². The van der Waals surface area contributed by atoms with Crippen LogP contribution in [0.1, 0.15) is 23.3 Å². The largest absolute Gasteiger partial charge is 0.352 e. The van der Waals surface area contributed by atoms with Gasteiger partial charge in [0.2, 0.25) is 5.91 Å². The van der Waals surface area contributed by atoms with Gasteiger partial charge in [0.15, 0.2) is 0 Å². The minimum atomic E-state index is -0.0581. The standard InChI is InChI=1S/C16H16BrNOS/c1-12(13-5-3-2-4-6-13)11-18-16(19)10-8-14-7-9-15(17)20-14/h2-10,12H,11H2,1H3,(H,18,19)/b10-8+/t12-/m0/s1. The van der Waals surface area contributed by atoms with Crippen LogP contribution < -0.4 is 5.32 Å². The molecule has 0 fully saturated rings. The maximum atomic E-state index is 11.8. The van der Waals surface area contributed by atoms with Gasteiger partial charge in [-0.1, -0.05) is 37.3 Å². The number of carbonyl (C=O) groups excluding carboxylic acids is 1. The van der Waals surface area contributed by atoms with Gasteiger partial charge in [0.1, 0.15) is 0 Å². The summed E-state index contributed by atoms with van der Waals surface area (Å²) in [5.41, 5.74) is 1.24. The average Bonchev–Trinajstić information content (AvgIpc) is 2.89. The lowest BCUT2D eigenvalue weighted by Crippen LogP contribution is -2.25. The molecule has 2 aromatic rings. The van der Waals surface area contributed by atoms with Crippen LogP contribution in [0.4, 0.5) is 0 Å². The summed E-state index contributed by atoms with van der Waals surface area (Å²) >= 11 is 5.00. The fourth-order valence-corrected chi connectivity index (χ4v) is 3.11. The van der Waals surface area contributed by atoms with Gasteiger partial charge in [-0.25, -0.2) is 0 Å². The van der Waals surface area contributed by atoms with E-state index < -0.39 is 0 Å². The predicted octanol–water partition coefficient (Wildman–Crippen LogP) is 4.44. The maximum absolute atomic E-state index is 11.8. The van der Waals surface area contributed by atoms with E-state index in [-0.39, 0.29) is 5.91 Å². The highest BCUT2D eigenvalue weighted by molar-refractivity contribution is 9.11. The van der Waals surface area contributed by atoms with Gasteiger partial charge in [0, 0.05) is 17.5 Å². The van der Waals surface area contributed by atoms with E-state index in [4.69, 9.17) is 0 Å². The summed E-state index contributed by atoms with van der Waals surface area (Å²) in [4.78, 5) is 12.8. The van der Waals surface area contributed by atoms with Crippen molar-refractivity contribution >= 4 is 39.2 Å². The van der Waals surface area contributed by atoms with Crippen LogP contribution in [0.25, 0.3) is 6.08 Å². The summed E-state index contributed by atoms with van der Waals surface area (Å²) in [5.74, 6) is 0.252. The third-order valence-corrected chi connectivity index (χ3v) is 4.53. The second-order valence-electron chi connectivity index (χ2n) is 4.53. The highest BCUT2D eigenvalue weighted by Crippen LogP contribution is 2.22. The van der Waals surface area contributed by atoms with E-state index in [1.54, 1.807) is 17.4 Å². The van der Waals surface area contributed by atoms with Crippen LogP contribution in [0.5, 0.6) is 0 Å². The number of carbonyl (C=O) groups is 1. The molecule has 1 aromatic heterocycles. The lowest BCUT2D eigenvalue weighted by molar-refractivity contribution is -0.116. The summed E-state index contributed by atoms with van der Waals surface area (Å²) in [5, 5.41) is 2.93. The van der Waals surface area contributed by atoms with Crippen molar-refractivity contribution < 1.29 is 4.79 Å². The van der Waals surface area contributed by atoms with Crippen molar-refractivity contribution in [1.29, 1.82) is 0 Å². The Kier molecular flexibility index (Phi) is 5.56. The Bertz CT molecular complexity index is 592. The third-order valence-electron chi connectivity index (χ3n) is 2.94. The van der Waals surface area contributed by atoms with E-state index in [9.17, 15) is 4.79 Å². The Labute approximate surface area is 131 Å². The lowest BCUT2D eigenvalue weighted by atomic mass is 10.0. The molecule has 0 aliphatic heterocycles. The zero-order valence-corrected chi connectivity index (χ0v) is 13.6. The molecule has 104 valence electrons. The van der Waals surface area contributed by atoms with Crippen LogP contribution in [0.3, 0.4) is 0 Å². The molecule has 0 bridgehead atoms. The second-order valence-corrected chi connectivity index (χ2v) is 7.03. The van der Waals surface area contributed by atoms with E-state index in [2.05, 4.69) is 40.3 Å². The fraction of sp³-hybridized carbons (Fsp3) is 0.188. The Morgan fingerprint density at radius 3 is 2.70 bits per heavy atom. The molecular weight excluding hydrogens is 334 g/mol. The van der Waals surface area contributed by atoms with Gasteiger partial charge in [-0.05, 0) is 45.6 Å². The van der Waals surface area contributed by atoms with E-state index in [1.165, 1.54) is 5.56 Å². The number of hydrogen-bond donors (Lipinski definition) is 1. The summed E-state index contributed by atoms with van der Waals surface area (Å²) in [6.45, 7) is 2.75. The number of rotatable bonds is 5. The van der Waals surface area contributed by atoms with Crippen LogP contribution in [0.2, 0.25) is 0 Å². The minimum absolute atomic E-state index is 0.0581. The zero-order valence-electron chi connectivity index (χ0n) is 11.2. The van der Waals surface area contributed by atoms with Crippen molar-refractivity contribution in [2.45, 2.75) is 12.8 Å². The third kappa shape index (κ3) is 4.62. The first-order valence-electron chi connectivity index (χ1n) is 6.41. The molecule has 0 aliphatic rings.